The van der Waals surface area contributed by atoms with Gasteiger partial charge in [-0.15, -0.1) is 0 Å². The molecule has 168 valence electrons. The summed E-state index contributed by atoms with van der Waals surface area (Å²) >= 11 is 0. The second-order valence-electron chi connectivity index (χ2n) is 8.55. The summed E-state index contributed by atoms with van der Waals surface area (Å²) in [5, 5.41) is 8.49. The van der Waals surface area contributed by atoms with E-state index in [0.717, 1.165) is 34.1 Å². The molecule has 34 heavy (non-hydrogen) atoms. The van der Waals surface area contributed by atoms with E-state index in [1.54, 1.807) is 7.11 Å². The number of hydrogen-bond donors (Lipinski definition) is 1. The largest absolute Gasteiger partial charge is 0.497 e. The quantitative estimate of drug-likeness (QED) is 0.399. The van der Waals surface area contributed by atoms with Gasteiger partial charge in [0.1, 0.15) is 5.75 Å². The molecule has 2 atom stereocenters. The lowest BCUT2D eigenvalue weighted by Crippen LogP contribution is -2.47. The van der Waals surface area contributed by atoms with Crippen LogP contribution in [-0.4, -0.2) is 12.9 Å². The minimum absolute atomic E-state index is 0.0137. The van der Waals surface area contributed by atoms with E-state index in [9.17, 15) is 0 Å². The zero-order chi connectivity index (χ0) is 23.0. The molecular formula is C29H25N3O2. The monoisotopic (exact) mass is 447 g/mol. The fourth-order valence-electron chi connectivity index (χ4n) is 4.92. The average Bonchev–Trinajstić information content (AvgIpc) is 3.22. The number of hydrogen-bond acceptors (Lipinski definition) is 5. The van der Waals surface area contributed by atoms with E-state index in [-0.39, 0.29) is 6.04 Å². The Morgan fingerprint density at radius 3 is 2.26 bits per heavy atom. The number of oxime groups is 1. The minimum Gasteiger partial charge on any atom is -0.497 e. The van der Waals surface area contributed by atoms with Crippen LogP contribution < -0.4 is 15.0 Å². The van der Waals surface area contributed by atoms with E-state index in [1.165, 1.54) is 5.56 Å². The van der Waals surface area contributed by atoms with Gasteiger partial charge in [0.2, 0.25) is 5.72 Å². The topological polar surface area (TPSA) is 46.1 Å². The number of rotatable bonds is 4. The summed E-state index contributed by atoms with van der Waals surface area (Å²) in [6.07, 6.45) is 0.651. The van der Waals surface area contributed by atoms with Crippen LogP contribution in [0.25, 0.3) is 0 Å². The number of fused-ring (bicyclic) bond motifs is 3. The van der Waals surface area contributed by atoms with Crippen LogP contribution in [0.3, 0.4) is 0 Å². The maximum atomic E-state index is 6.49. The number of benzene rings is 4. The molecule has 0 amide bonds. The third-order valence-corrected chi connectivity index (χ3v) is 6.59. The average molecular weight is 448 g/mol. The molecule has 2 aliphatic rings. The summed E-state index contributed by atoms with van der Waals surface area (Å²) in [5.74, 6) is 1.60. The standard InChI is InChI=1S/C29H25N3O2/c1-33-24-18-16-23(17-19-24)29-20-26(21-10-4-2-5-11-21)30-25-14-8-9-15-27(25)32(29)28(31-34-29)22-12-6-3-7-13-22/h2-19,26,30H,20H2,1H3/t26-,29+/m1/s1. The molecule has 2 heterocycles. The number of methoxy groups -OCH3 is 1. The van der Waals surface area contributed by atoms with E-state index < -0.39 is 5.72 Å². The van der Waals surface area contributed by atoms with Gasteiger partial charge in [-0.1, -0.05) is 78.0 Å². The molecular weight excluding hydrogens is 422 g/mol. The van der Waals surface area contributed by atoms with Gasteiger partial charge in [0.05, 0.1) is 24.5 Å². The highest BCUT2D eigenvalue weighted by Crippen LogP contribution is 2.51. The Morgan fingerprint density at radius 1 is 0.853 bits per heavy atom. The zero-order valence-electron chi connectivity index (χ0n) is 18.9. The summed E-state index contributed by atoms with van der Waals surface area (Å²) in [6.45, 7) is 0. The molecule has 0 fully saturated rings. The van der Waals surface area contributed by atoms with Gasteiger partial charge in [0.25, 0.3) is 0 Å². The van der Waals surface area contributed by atoms with Crippen LogP contribution in [0.5, 0.6) is 5.75 Å². The SMILES string of the molecule is COc1ccc([C@@]23C[C@H](c4ccccc4)Nc4ccccc4N2C(c2ccccc2)=NO3)cc1. The van der Waals surface area contributed by atoms with Crippen molar-refractivity contribution in [1.29, 1.82) is 0 Å². The summed E-state index contributed by atoms with van der Waals surface area (Å²) < 4.78 is 5.43. The van der Waals surface area contributed by atoms with Gasteiger partial charge >= 0.3 is 0 Å². The lowest BCUT2D eigenvalue weighted by Gasteiger charge is -2.37. The van der Waals surface area contributed by atoms with Crippen molar-refractivity contribution in [2.45, 2.75) is 18.2 Å². The Hall–Kier alpha value is -4.25. The maximum absolute atomic E-state index is 6.49. The molecule has 0 spiro atoms. The summed E-state index contributed by atoms with van der Waals surface area (Å²) in [4.78, 5) is 8.74. The van der Waals surface area contributed by atoms with Crippen molar-refractivity contribution in [1.82, 2.24) is 0 Å². The highest BCUT2D eigenvalue weighted by atomic mass is 16.7. The summed E-state index contributed by atoms with van der Waals surface area (Å²) in [7, 11) is 1.68. The van der Waals surface area contributed by atoms with E-state index in [2.05, 4.69) is 83.0 Å². The molecule has 0 saturated carbocycles. The molecule has 0 aromatic heterocycles. The van der Waals surface area contributed by atoms with Crippen LogP contribution in [0.15, 0.2) is 114 Å². The minimum atomic E-state index is -0.836. The van der Waals surface area contributed by atoms with Crippen molar-refractivity contribution in [2.75, 3.05) is 17.3 Å². The van der Waals surface area contributed by atoms with Gasteiger partial charge in [-0.25, -0.2) is 0 Å². The normalized spacial score (nSPS) is 20.8. The lowest BCUT2D eigenvalue weighted by molar-refractivity contribution is -0.0309. The van der Waals surface area contributed by atoms with Crippen molar-refractivity contribution in [3.8, 4) is 5.75 Å². The molecule has 0 aliphatic carbocycles. The highest BCUT2D eigenvalue weighted by molar-refractivity contribution is 6.13. The van der Waals surface area contributed by atoms with Crippen molar-refractivity contribution < 1.29 is 9.57 Å². The molecule has 5 nitrogen and oxygen atoms in total. The second kappa shape index (κ2) is 8.27. The van der Waals surface area contributed by atoms with Crippen molar-refractivity contribution in [3.63, 3.8) is 0 Å². The Balaban J connectivity index is 1.57. The number of ether oxygens (including phenoxy) is 1. The lowest BCUT2D eigenvalue weighted by atomic mass is 9.90. The molecule has 5 heteroatoms. The molecule has 0 saturated heterocycles. The molecule has 4 aromatic rings. The first-order valence-electron chi connectivity index (χ1n) is 11.5. The van der Waals surface area contributed by atoms with Crippen molar-refractivity contribution in [3.05, 3.63) is 126 Å². The van der Waals surface area contributed by atoms with Crippen LogP contribution in [0, 0.1) is 0 Å². The van der Waals surface area contributed by atoms with E-state index >= 15 is 0 Å². The first-order valence-corrected chi connectivity index (χ1v) is 11.5. The van der Waals surface area contributed by atoms with Gasteiger partial charge in [-0.3, -0.25) is 4.90 Å². The first-order chi connectivity index (χ1) is 16.8. The van der Waals surface area contributed by atoms with Gasteiger partial charge in [-0.2, -0.15) is 0 Å². The van der Waals surface area contributed by atoms with Gasteiger partial charge in [0.15, 0.2) is 5.84 Å². The number of anilines is 2. The Morgan fingerprint density at radius 2 is 1.53 bits per heavy atom. The predicted octanol–water partition coefficient (Wildman–Crippen LogP) is 6.30. The number of nitrogens with zero attached hydrogens (tertiary/aromatic N) is 2. The van der Waals surface area contributed by atoms with E-state index in [0.29, 0.717) is 6.42 Å². The molecule has 4 aromatic carbocycles. The molecule has 0 unspecified atom stereocenters. The number of amidine groups is 1. The van der Waals surface area contributed by atoms with Gasteiger partial charge in [-0.05, 0) is 42.0 Å². The van der Waals surface area contributed by atoms with E-state index in [4.69, 9.17) is 14.7 Å². The first kappa shape index (κ1) is 20.4. The van der Waals surface area contributed by atoms with Crippen molar-refractivity contribution in [2.24, 2.45) is 5.16 Å². The summed E-state index contributed by atoms with van der Waals surface area (Å²) in [6, 6.07) is 37.2. The van der Waals surface area contributed by atoms with Gasteiger partial charge < -0.3 is 14.9 Å². The number of para-hydroxylation sites is 2. The molecule has 0 radical (unpaired) electrons. The Kier molecular flexibility index (Phi) is 4.95. The maximum Gasteiger partial charge on any atom is 0.243 e. The molecule has 6 rings (SSSR count). The van der Waals surface area contributed by atoms with Crippen LogP contribution in [-0.2, 0) is 10.6 Å². The highest BCUT2D eigenvalue weighted by Gasteiger charge is 2.52. The fraction of sp³-hybridized carbons (Fsp3) is 0.138. The van der Waals surface area contributed by atoms with Gasteiger partial charge in [0, 0.05) is 17.5 Å². The van der Waals surface area contributed by atoms with Crippen LogP contribution in [0.4, 0.5) is 11.4 Å². The zero-order valence-corrected chi connectivity index (χ0v) is 18.9. The summed E-state index contributed by atoms with van der Waals surface area (Å²) in [5.41, 5.74) is 4.45. The van der Waals surface area contributed by atoms with Crippen LogP contribution in [0.2, 0.25) is 0 Å². The smallest absolute Gasteiger partial charge is 0.243 e. The Bertz CT molecular complexity index is 1320. The predicted molar refractivity (Wildman–Crippen MR) is 135 cm³/mol. The number of nitrogens with one attached hydrogen (secondary N) is 1. The Labute approximate surface area is 199 Å². The third-order valence-electron chi connectivity index (χ3n) is 6.59. The fourth-order valence-corrected chi connectivity index (χ4v) is 4.92. The molecule has 1 N–H and O–H groups in total. The second-order valence-corrected chi connectivity index (χ2v) is 8.55. The third kappa shape index (κ3) is 3.28. The molecule has 0 bridgehead atoms. The van der Waals surface area contributed by atoms with Crippen LogP contribution in [0.1, 0.15) is 29.2 Å². The van der Waals surface area contributed by atoms with Crippen molar-refractivity contribution >= 4 is 17.2 Å². The van der Waals surface area contributed by atoms with E-state index in [1.807, 2.05) is 36.4 Å². The molecule has 2 aliphatic heterocycles. The van der Waals surface area contributed by atoms with Crippen LogP contribution >= 0.6 is 0 Å².